The van der Waals surface area contributed by atoms with Gasteiger partial charge in [-0.05, 0) is 55.0 Å². The Hall–Kier alpha value is -2.40. The van der Waals surface area contributed by atoms with Gasteiger partial charge in [0.1, 0.15) is 0 Å². The maximum absolute atomic E-state index is 12.3. The maximum atomic E-state index is 12.3. The average molecular weight is 325 g/mol. The molecule has 5 heteroatoms. The molecule has 0 fully saturated rings. The van der Waals surface area contributed by atoms with Crippen LogP contribution in [0.25, 0.3) is 5.69 Å². The van der Waals surface area contributed by atoms with E-state index in [1.165, 1.54) is 16.9 Å². The second-order valence-electron chi connectivity index (χ2n) is 5.57. The first-order chi connectivity index (χ1) is 11.1. The molecular formula is C18H19N3OS. The molecule has 0 spiro atoms. The van der Waals surface area contributed by atoms with E-state index in [1.54, 1.807) is 0 Å². The Morgan fingerprint density at radius 2 is 2.04 bits per heavy atom. The number of rotatable bonds is 4. The van der Waals surface area contributed by atoms with E-state index in [2.05, 4.69) is 36.4 Å². The van der Waals surface area contributed by atoms with E-state index in [4.69, 9.17) is 0 Å². The minimum atomic E-state index is -0.111. The van der Waals surface area contributed by atoms with Crippen molar-refractivity contribution < 1.29 is 4.79 Å². The Kier molecular flexibility index (Phi) is 4.30. The zero-order valence-corrected chi connectivity index (χ0v) is 14.3. The number of nitrogens with zero attached hydrogens (tertiary/aromatic N) is 2. The predicted octanol–water partition coefficient (Wildman–Crippen LogP) is 4.37. The van der Waals surface area contributed by atoms with E-state index < -0.39 is 0 Å². The minimum absolute atomic E-state index is 0.111. The van der Waals surface area contributed by atoms with Crippen LogP contribution in [0.3, 0.4) is 0 Å². The highest BCUT2D eigenvalue weighted by Gasteiger charge is 2.13. The Bertz CT molecular complexity index is 848. The van der Waals surface area contributed by atoms with Crippen LogP contribution in [0.2, 0.25) is 0 Å². The number of aromatic nitrogens is 2. The molecule has 1 amide bonds. The molecule has 2 heterocycles. The van der Waals surface area contributed by atoms with Gasteiger partial charge in [-0.2, -0.15) is 0 Å². The topological polar surface area (TPSA) is 46.9 Å². The van der Waals surface area contributed by atoms with Gasteiger partial charge in [-0.25, -0.2) is 4.68 Å². The Morgan fingerprint density at radius 1 is 1.22 bits per heavy atom. The standard InChI is InChI=1S/C18H19N3OS/c1-4-14-10-17(19-18(22)16-9-13(3)11-23-16)20-21(14)15-7-5-6-12(2)8-15/h5-11H,4H2,1-3H3,(H,19,20,22). The summed E-state index contributed by atoms with van der Waals surface area (Å²) in [4.78, 5) is 13.0. The summed E-state index contributed by atoms with van der Waals surface area (Å²) in [5.74, 6) is 0.471. The average Bonchev–Trinajstić information content (AvgIpc) is 3.13. The van der Waals surface area contributed by atoms with Gasteiger partial charge in [0.2, 0.25) is 0 Å². The van der Waals surface area contributed by atoms with Crippen molar-refractivity contribution in [2.45, 2.75) is 27.2 Å². The molecule has 0 aliphatic carbocycles. The first kappa shape index (κ1) is 15.5. The number of amides is 1. The van der Waals surface area contributed by atoms with Crippen LogP contribution >= 0.6 is 11.3 Å². The molecule has 0 aliphatic rings. The molecule has 118 valence electrons. The second kappa shape index (κ2) is 6.38. The highest BCUT2D eigenvalue weighted by Crippen LogP contribution is 2.19. The molecule has 0 saturated carbocycles. The lowest BCUT2D eigenvalue weighted by Gasteiger charge is -2.06. The number of hydrogen-bond donors (Lipinski definition) is 1. The largest absolute Gasteiger partial charge is 0.304 e. The van der Waals surface area contributed by atoms with Crippen molar-refractivity contribution in [1.82, 2.24) is 9.78 Å². The zero-order valence-electron chi connectivity index (χ0n) is 13.5. The predicted molar refractivity (Wildman–Crippen MR) is 94.7 cm³/mol. The van der Waals surface area contributed by atoms with Crippen molar-refractivity contribution in [3.8, 4) is 5.69 Å². The summed E-state index contributed by atoms with van der Waals surface area (Å²) in [6.07, 6.45) is 0.842. The van der Waals surface area contributed by atoms with Crippen LogP contribution in [0.1, 0.15) is 33.4 Å². The number of nitrogens with one attached hydrogen (secondary N) is 1. The van der Waals surface area contributed by atoms with Gasteiger partial charge in [0.05, 0.1) is 10.6 Å². The fraction of sp³-hybridized carbons (Fsp3) is 0.222. The molecule has 0 unspecified atom stereocenters. The molecule has 0 saturated heterocycles. The number of anilines is 1. The minimum Gasteiger partial charge on any atom is -0.304 e. The quantitative estimate of drug-likeness (QED) is 0.774. The maximum Gasteiger partial charge on any atom is 0.266 e. The van der Waals surface area contributed by atoms with E-state index in [9.17, 15) is 4.79 Å². The van der Waals surface area contributed by atoms with Crippen LogP contribution in [-0.4, -0.2) is 15.7 Å². The van der Waals surface area contributed by atoms with Crippen molar-refractivity contribution in [2.24, 2.45) is 0 Å². The third kappa shape index (κ3) is 3.35. The van der Waals surface area contributed by atoms with E-state index in [-0.39, 0.29) is 5.91 Å². The fourth-order valence-corrected chi connectivity index (χ4v) is 3.24. The fourth-order valence-electron chi connectivity index (χ4n) is 2.44. The Balaban J connectivity index is 1.88. The smallest absolute Gasteiger partial charge is 0.266 e. The number of carbonyl (C=O) groups is 1. The molecule has 0 aliphatic heterocycles. The molecule has 3 aromatic rings. The summed E-state index contributed by atoms with van der Waals surface area (Å²) in [5.41, 5.74) is 4.35. The molecule has 23 heavy (non-hydrogen) atoms. The summed E-state index contributed by atoms with van der Waals surface area (Å²) < 4.78 is 1.89. The first-order valence-corrected chi connectivity index (χ1v) is 8.47. The van der Waals surface area contributed by atoms with Crippen LogP contribution in [0.15, 0.2) is 41.8 Å². The van der Waals surface area contributed by atoms with Crippen LogP contribution in [0.5, 0.6) is 0 Å². The lowest BCUT2D eigenvalue weighted by atomic mass is 10.2. The first-order valence-electron chi connectivity index (χ1n) is 7.59. The van der Waals surface area contributed by atoms with Gasteiger partial charge < -0.3 is 5.32 Å². The summed E-state index contributed by atoms with van der Waals surface area (Å²) in [6, 6.07) is 12.0. The molecule has 1 N–H and O–H groups in total. The van der Waals surface area contributed by atoms with Gasteiger partial charge >= 0.3 is 0 Å². The molecule has 0 atom stereocenters. The van der Waals surface area contributed by atoms with Crippen molar-refractivity contribution in [3.05, 3.63) is 63.5 Å². The van der Waals surface area contributed by atoms with Gasteiger partial charge in [0.15, 0.2) is 5.82 Å². The van der Waals surface area contributed by atoms with E-state index in [0.29, 0.717) is 10.7 Å². The lowest BCUT2D eigenvalue weighted by Crippen LogP contribution is -2.11. The van der Waals surface area contributed by atoms with Crippen LogP contribution in [0.4, 0.5) is 5.82 Å². The molecule has 1 aromatic carbocycles. The van der Waals surface area contributed by atoms with E-state index in [0.717, 1.165) is 23.4 Å². The lowest BCUT2D eigenvalue weighted by molar-refractivity contribution is 0.103. The monoisotopic (exact) mass is 325 g/mol. The van der Waals surface area contributed by atoms with E-state index >= 15 is 0 Å². The summed E-state index contributed by atoms with van der Waals surface area (Å²) in [5, 5.41) is 9.41. The molecule has 2 aromatic heterocycles. The summed E-state index contributed by atoms with van der Waals surface area (Å²) in [6.45, 7) is 6.12. The van der Waals surface area contributed by atoms with Crippen molar-refractivity contribution >= 4 is 23.1 Å². The number of thiophene rings is 1. The SMILES string of the molecule is CCc1cc(NC(=O)c2cc(C)cs2)nn1-c1cccc(C)c1. The highest BCUT2D eigenvalue weighted by atomic mass is 32.1. The Morgan fingerprint density at radius 3 is 2.70 bits per heavy atom. The van der Waals surface area contributed by atoms with Gasteiger partial charge in [-0.1, -0.05) is 19.1 Å². The number of benzene rings is 1. The molecule has 0 radical (unpaired) electrons. The van der Waals surface area contributed by atoms with Crippen molar-refractivity contribution in [1.29, 1.82) is 0 Å². The third-order valence-corrected chi connectivity index (χ3v) is 4.63. The Labute approximate surface area is 139 Å². The summed E-state index contributed by atoms with van der Waals surface area (Å²) in [7, 11) is 0. The van der Waals surface area contributed by atoms with Crippen molar-refractivity contribution in [2.75, 3.05) is 5.32 Å². The normalized spacial score (nSPS) is 10.7. The molecule has 0 bridgehead atoms. The number of aryl methyl sites for hydroxylation is 3. The van der Waals surface area contributed by atoms with Gasteiger partial charge in [0, 0.05) is 11.8 Å². The molecule has 3 rings (SSSR count). The van der Waals surface area contributed by atoms with Crippen LogP contribution in [-0.2, 0) is 6.42 Å². The van der Waals surface area contributed by atoms with E-state index in [1.807, 2.05) is 41.3 Å². The zero-order chi connectivity index (χ0) is 16.4. The highest BCUT2D eigenvalue weighted by molar-refractivity contribution is 7.12. The molecular weight excluding hydrogens is 306 g/mol. The van der Waals surface area contributed by atoms with Gasteiger partial charge in [0.25, 0.3) is 5.91 Å². The number of hydrogen-bond acceptors (Lipinski definition) is 3. The summed E-state index contributed by atoms with van der Waals surface area (Å²) >= 11 is 1.45. The van der Waals surface area contributed by atoms with Crippen molar-refractivity contribution in [3.63, 3.8) is 0 Å². The van der Waals surface area contributed by atoms with Gasteiger partial charge in [-0.3, -0.25) is 4.79 Å². The number of carbonyl (C=O) groups excluding carboxylic acids is 1. The third-order valence-electron chi connectivity index (χ3n) is 3.59. The second-order valence-corrected chi connectivity index (χ2v) is 6.48. The van der Waals surface area contributed by atoms with Crippen LogP contribution < -0.4 is 5.32 Å². The molecule has 4 nitrogen and oxygen atoms in total. The van der Waals surface area contributed by atoms with Crippen LogP contribution in [0, 0.1) is 13.8 Å². The van der Waals surface area contributed by atoms with Gasteiger partial charge in [-0.15, -0.1) is 16.4 Å².